The van der Waals surface area contributed by atoms with Crippen LogP contribution in [-0.4, -0.2) is 25.7 Å². The van der Waals surface area contributed by atoms with Crippen LogP contribution >= 0.6 is 0 Å². The number of rotatable bonds is 3. The molecule has 0 N–H and O–H groups in total. The topological polar surface area (TPSA) is 51.2 Å². The smallest absolute Gasteiger partial charge is 0.161 e. The first-order chi connectivity index (χ1) is 8.48. The second-order valence-electron chi connectivity index (χ2n) is 5.65. The minimum atomic E-state index is -2.99. The maximum atomic E-state index is 12.4. The molecule has 0 aromatic carbocycles. The zero-order valence-corrected chi connectivity index (χ0v) is 11.8. The SMILES string of the molecule is CS(=O)(=O)C1CCCC(C(=O)C2=CCCCC2)C1. The highest BCUT2D eigenvalue weighted by molar-refractivity contribution is 7.91. The molecule has 0 spiro atoms. The van der Waals surface area contributed by atoms with Gasteiger partial charge in [0.05, 0.1) is 5.25 Å². The van der Waals surface area contributed by atoms with Crippen LogP contribution in [-0.2, 0) is 14.6 Å². The zero-order chi connectivity index (χ0) is 13.2. The summed E-state index contributed by atoms with van der Waals surface area (Å²) < 4.78 is 23.2. The minimum Gasteiger partial charge on any atom is -0.294 e. The van der Waals surface area contributed by atoms with Crippen molar-refractivity contribution in [2.75, 3.05) is 6.26 Å². The molecule has 3 nitrogen and oxygen atoms in total. The molecule has 0 aliphatic heterocycles. The van der Waals surface area contributed by atoms with Gasteiger partial charge in [-0.1, -0.05) is 12.5 Å². The van der Waals surface area contributed by atoms with Crippen molar-refractivity contribution in [1.82, 2.24) is 0 Å². The number of carbonyl (C=O) groups excluding carboxylic acids is 1. The Morgan fingerprint density at radius 1 is 1.22 bits per heavy atom. The molecule has 2 unspecified atom stereocenters. The van der Waals surface area contributed by atoms with Crippen molar-refractivity contribution in [3.8, 4) is 0 Å². The lowest BCUT2D eigenvalue weighted by molar-refractivity contribution is -0.120. The van der Waals surface area contributed by atoms with Crippen LogP contribution < -0.4 is 0 Å². The summed E-state index contributed by atoms with van der Waals surface area (Å²) in [5, 5.41) is -0.301. The molecule has 1 fully saturated rings. The predicted octanol–water partition coefficient (Wildman–Crippen LogP) is 2.66. The predicted molar refractivity (Wildman–Crippen MR) is 72.1 cm³/mol. The standard InChI is InChI=1S/C14H22O3S/c1-18(16,17)13-9-5-8-12(10-13)14(15)11-6-3-2-4-7-11/h6,12-13H,2-5,7-10H2,1H3. The molecule has 1 saturated carbocycles. The molecule has 0 radical (unpaired) electrons. The van der Waals surface area contributed by atoms with Crippen molar-refractivity contribution >= 4 is 15.6 Å². The first-order valence-corrected chi connectivity index (χ1v) is 8.86. The highest BCUT2D eigenvalue weighted by Crippen LogP contribution is 2.32. The van der Waals surface area contributed by atoms with Crippen LogP contribution in [0.3, 0.4) is 0 Å². The molecule has 0 heterocycles. The van der Waals surface area contributed by atoms with E-state index in [-0.39, 0.29) is 17.0 Å². The van der Waals surface area contributed by atoms with E-state index in [9.17, 15) is 13.2 Å². The lowest BCUT2D eigenvalue weighted by Gasteiger charge is -2.28. The lowest BCUT2D eigenvalue weighted by atomic mass is 9.81. The quantitative estimate of drug-likeness (QED) is 0.792. The molecular formula is C14H22O3S. The Morgan fingerprint density at radius 3 is 2.61 bits per heavy atom. The van der Waals surface area contributed by atoms with Crippen molar-refractivity contribution in [2.45, 2.75) is 56.6 Å². The number of hydrogen-bond donors (Lipinski definition) is 0. The van der Waals surface area contributed by atoms with Crippen LogP contribution in [0.1, 0.15) is 51.4 Å². The highest BCUT2D eigenvalue weighted by Gasteiger charge is 2.33. The number of sulfone groups is 1. The summed E-state index contributed by atoms with van der Waals surface area (Å²) in [7, 11) is -2.99. The zero-order valence-electron chi connectivity index (χ0n) is 11.0. The second-order valence-corrected chi connectivity index (χ2v) is 7.98. The van der Waals surface area contributed by atoms with Crippen molar-refractivity contribution in [3.05, 3.63) is 11.6 Å². The number of carbonyl (C=O) groups is 1. The summed E-state index contributed by atoms with van der Waals surface area (Å²) in [6.07, 6.45) is 10.5. The molecule has 0 aromatic rings. The van der Waals surface area contributed by atoms with Gasteiger partial charge in [-0.3, -0.25) is 4.79 Å². The van der Waals surface area contributed by atoms with E-state index in [1.54, 1.807) is 0 Å². The van der Waals surface area contributed by atoms with Gasteiger partial charge < -0.3 is 0 Å². The molecule has 102 valence electrons. The molecule has 0 bridgehead atoms. The third kappa shape index (κ3) is 3.22. The average Bonchev–Trinajstić information content (AvgIpc) is 2.38. The minimum absolute atomic E-state index is 0.0529. The molecule has 2 aliphatic rings. The summed E-state index contributed by atoms with van der Waals surface area (Å²) in [5.41, 5.74) is 0.959. The van der Waals surface area contributed by atoms with E-state index >= 15 is 0 Å². The fourth-order valence-corrected chi connectivity index (χ4v) is 4.27. The van der Waals surface area contributed by atoms with E-state index in [1.807, 2.05) is 0 Å². The van der Waals surface area contributed by atoms with Crippen LogP contribution in [0.5, 0.6) is 0 Å². The summed E-state index contributed by atoms with van der Waals surface area (Å²) in [6, 6.07) is 0. The van der Waals surface area contributed by atoms with Crippen molar-refractivity contribution < 1.29 is 13.2 Å². The van der Waals surface area contributed by atoms with Crippen molar-refractivity contribution in [2.24, 2.45) is 5.92 Å². The molecule has 0 aromatic heterocycles. The van der Waals surface area contributed by atoms with Crippen LogP contribution in [0, 0.1) is 5.92 Å². The van der Waals surface area contributed by atoms with Crippen LogP contribution in [0.25, 0.3) is 0 Å². The summed E-state index contributed by atoms with van der Waals surface area (Å²) >= 11 is 0. The largest absolute Gasteiger partial charge is 0.294 e. The Labute approximate surface area is 110 Å². The first kappa shape index (κ1) is 13.8. The molecule has 0 saturated heterocycles. The Hall–Kier alpha value is -0.640. The normalized spacial score (nSPS) is 29.7. The molecule has 2 atom stereocenters. The maximum Gasteiger partial charge on any atom is 0.161 e. The Bertz CT molecular complexity index is 448. The second kappa shape index (κ2) is 5.55. The van der Waals surface area contributed by atoms with E-state index in [1.165, 1.54) is 12.7 Å². The van der Waals surface area contributed by atoms with E-state index in [0.717, 1.165) is 44.1 Å². The van der Waals surface area contributed by atoms with Crippen LogP contribution in [0.2, 0.25) is 0 Å². The van der Waals surface area contributed by atoms with E-state index < -0.39 is 9.84 Å². The fourth-order valence-electron chi connectivity index (χ4n) is 3.10. The maximum absolute atomic E-state index is 12.4. The Balaban J connectivity index is 2.04. The van der Waals surface area contributed by atoms with E-state index in [0.29, 0.717) is 6.42 Å². The molecular weight excluding hydrogens is 248 g/mol. The first-order valence-electron chi connectivity index (χ1n) is 6.90. The van der Waals surface area contributed by atoms with Gasteiger partial charge in [0.25, 0.3) is 0 Å². The summed E-state index contributed by atoms with van der Waals surface area (Å²) in [5.74, 6) is 0.172. The van der Waals surface area contributed by atoms with Gasteiger partial charge in [0.1, 0.15) is 9.84 Å². The van der Waals surface area contributed by atoms with Crippen molar-refractivity contribution in [3.63, 3.8) is 0 Å². The fraction of sp³-hybridized carbons (Fsp3) is 0.786. The van der Waals surface area contributed by atoms with Gasteiger partial charge in [0.15, 0.2) is 5.78 Å². The number of ketones is 1. The van der Waals surface area contributed by atoms with E-state index in [4.69, 9.17) is 0 Å². The number of hydrogen-bond acceptors (Lipinski definition) is 3. The molecule has 2 rings (SSSR count). The molecule has 2 aliphatic carbocycles. The van der Waals surface area contributed by atoms with Crippen LogP contribution in [0.4, 0.5) is 0 Å². The van der Waals surface area contributed by atoms with Crippen molar-refractivity contribution in [1.29, 1.82) is 0 Å². The molecule has 4 heteroatoms. The van der Waals surface area contributed by atoms with Gasteiger partial charge in [-0.2, -0.15) is 0 Å². The van der Waals surface area contributed by atoms with Gasteiger partial charge >= 0.3 is 0 Å². The van der Waals surface area contributed by atoms with Gasteiger partial charge in [0, 0.05) is 12.2 Å². The average molecular weight is 270 g/mol. The third-order valence-corrected chi connectivity index (χ3v) is 5.85. The monoisotopic (exact) mass is 270 g/mol. The number of allylic oxidation sites excluding steroid dienone is 2. The Morgan fingerprint density at radius 2 is 2.00 bits per heavy atom. The van der Waals surface area contributed by atoms with Gasteiger partial charge in [-0.15, -0.1) is 0 Å². The van der Waals surface area contributed by atoms with Crippen LogP contribution in [0.15, 0.2) is 11.6 Å². The van der Waals surface area contributed by atoms with Gasteiger partial charge in [0.2, 0.25) is 0 Å². The summed E-state index contributed by atoms with van der Waals surface area (Å²) in [4.78, 5) is 12.4. The van der Waals surface area contributed by atoms with Gasteiger partial charge in [-0.05, 0) is 50.5 Å². The molecule has 0 amide bonds. The van der Waals surface area contributed by atoms with Gasteiger partial charge in [-0.25, -0.2) is 8.42 Å². The Kier molecular flexibility index (Phi) is 4.25. The van der Waals surface area contributed by atoms with E-state index in [2.05, 4.69) is 6.08 Å². The number of Topliss-reactive ketones (excluding diaryl/α,β-unsaturated/α-hetero) is 1. The highest BCUT2D eigenvalue weighted by atomic mass is 32.2. The molecule has 18 heavy (non-hydrogen) atoms. The third-order valence-electron chi connectivity index (χ3n) is 4.21. The summed E-state index contributed by atoms with van der Waals surface area (Å²) in [6.45, 7) is 0. The lowest BCUT2D eigenvalue weighted by Crippen LogP contribution is -2.31.